The molecule has 0 N–H and O–H groups in total. The van der Waals surface area contributed by atoms with E-state index in [0.29, 0.717) is 24.1 Å². The van der Waals surface area contributed by atoms with Crippen molar-refractivity contribution in [3.63, 3.8) is 0 Å². The van der Waals surface area contributed by atoms with Crippen LogP contribution in [0, 0.1) is 18.8 Å². The summed E-state index contributed by atoms with van der Waals surface area (Å²) < 4.78 is 7.09. The van der Waals surface area contributed by atoms with Crippen LogP contribution in [0.2, 0.25) is 0 Å². The third-order valence-electron chi connectivity index (χ3n) is 6.38. The van der Waals surface area contributed by atoms with Crippen molar-refractivity contribution in [1.29, 1.82) is 0 Å². The van der Waals surface area contributed by atoms with E-state index < -0.39 is 0 Å². The van der Waals surface area contributed by atoms with Crippen molar-refractivity contribution in [2.45, 2.75) is 13.0 Å². The fourth-order valence-electron chi connectivity index (χ4n) is 4.86. The van der Waals surface area contributed by atoms with Crippen molar-refractivity contribution in [3.8, 4) is 5.75 Å². The minimum atomic E-state index is -0.116. The molecule has 2 saturated heterocycles. The van der Waals surface area contributed by atoms with E-state index >= 15 is 0 Å². The molecule has 2 aromatic rings. The Hall–Kier alpha value is -2.60. The molecular weight excluding hydrogens is 354 g/mol. The molecule has 0 radical (unpaired) electrons. The van der Waals surface area contributed by atoms with Gasteiger partial charge >= 0.3 is 0 Å². The first kappa shape index (κ1) is 18.7. The van der Waals surface area contributed by atoms with Gasteiger partial charge in [-0.1, -0.05) is 12.1 Å². The lowest BCUT2D eigenvalue weighted by atomic mass is 9.89. The summed E-state index contributed by atoms with van der Waals surface area (Å²) in [5.41, 5.74) is 2.41. The summed E-state index contributed by atoms with van der Waals surface area (Å²) in [6.45, 7) is 4.28. The van der Waals surface area contributed by atoms with Crippen molar-refractivity contribution < 1.29 is 9.53 Å². The van der Waals surface area contributed by atoms with Crippen LogP contribution >= 0.6 is 0 Å². The van der Waals surface area contributed by atoms with E-state index in [-0.39, 0.29) is 17.4 Å². The zero-order valence-corrected chi connectivity index (χ0v) is 16.9. The van der Waals surface area contributed by atoms with Gasteiger partial charge in [0.2, 0.25) is 0 Å². The second kappa shape index (κ2) is 7.09. The van der Waals surface area contributed by atoms with Crippen LogP contribution in [0.25, 0.3) is 0 Å². The van der Waals surface area contributed by atoms with E-state index in [4.69, 9.17) is 4.74 Å². The number of carbonyl (C=O) groups is 1. The van der Waals surface area contributed by atoms with Gasteiger partial charge in [0.15, 0.2) is 5.43 Å². The number of likely N-dealkylation sites (tertiary alicyclic amines) is 2. The fourth-order valence-corrected chi connectivity index (χ4v) is 4.86. The highest BCUT2D eigenvalue weighted by Gasteiger charge is 2.47. The molecule has 3 atom stereocenters. The SMILES string of the molecule is COc1ccc([C@H]2[C@@H]3CN(C(=O)c4cc(=O)cc(C)n4C)C[C@@H]3CN2C)cc1. The maximum atomic E-state index is 13.1. The van der Waals surface area contributed by atoms with E-state index in [1.165, 1.54) is 11.6 Å². The molecule has 0 bridgehead atoms. The van der Waals surface area contributed by atoms with Crippen LogP contribution in [0.5, 0.6) is 5.75 Å². The molecule has 6 heteroatoms. The standard InChI is InChI=1S/C22H27N3O3/c1-14-9-17(26)10-20(24(14)3)22(27)25-12-16-11-23(2)21(19(16)13-25)15-5-7-18(28-4)8-6-15/h5-10,16,19,21H,11-13H2,1-4H3/t16-,19+,21-/m0/s1. The minimum absolute atomic E-state index is 0.0474. The number of aryl methyl sites for hydroxylation is 1. The molecule has 28 heavy (non-hydrogen) atoms. The summed E-state index contributed by atoms with van der Waals surface area (Å²) in [7, 11) is 5.67. The number of hydrogen-bond acceptors (Lipinski definition) is 4. The molecule has 1 aromatic heterocycles. The molecule has 2 aliphatic rings. The van der Waals surface area contributed by atoms with Gasteiger partial charge in [0, 0.05) is 56.5 Å². The van der Waals surface area contributed by atoms with Crippen molar-refractivity contribution in [2.24, 2.45) is 18.9 Å². The predicted octanol–water partition coefficient (Wildman–Crippen LogP) is 2.08. The maximum absolute atomic E-state index is 13.1. The normalized spacial score (nSPS) is 24.4. The molecule has 2 fully saturated rings. The van der Waals surface area contributed by atoms with Crippen LogP contribution < -0.4 is 10.2 Å². The molecule has 6 nitrogen and oxygen atoms in total. The average molecular weight is 381 g/mol. The van der Waals surface area contributed by atoms with Gasteiger partial charge in [-0.3, -0.25) is 14.5 Å². The molecule has 4 rings (SSSR count). The van der Waals surface area contributed by atoms with Gasteiger partial charge in [-0.25, -0.2) is 0 Å². The second-order valence-corrected chi connectivity index (χ2v) is 8.07. The number of carbonyl (C=O) groups excluding carboxylic acids is 1. The Morgan fingerprint density at radius 3 is 2.46 bits per heavy atom. The van der Waals surface area contributed by atoms with Gasteiger partial charge in [-0.05, 0) is 37.6 Å². The number of methoxy groups -OCH3 is 1. The van der Waals surface area contributed by atoms with Crippen molar-refractivity contribution in [2.75, 3.05) is 33.8 Å². The number of hydrogen-bond donors (Lipinski definition) is 0. The van der Waals surface area contributed by atoms with E-state index in [1.54, 1.807) is 13.2 Å². The number of fused-ring (bicyclic) bond motifs is 1. The summed E-state index contributed by atoms with van der Waals surface area (Å²) >= 11 is 0. The van der Waals surface area contributed by atoms with Gasteiger partial charge in [-0.15, -0.1) is 0 Å². The zero-order chi connectivity index (χ0) is 20.0. The number of nitrogens with zero attached hydrogens (tertiary/aromatic N) is 3. The lowest BCUT2D eigenvalue weighted by Gasteiger charge is -2.27. The first-order valence-electron chi connectivity index (χ1n) is 9.70. The largest absolute Gasteiger partial charge is 0.497 e. The van der Waals surface area contributed by atoms with E-state index in [0.717, 1.165) is 24.5 Å². The quantitative estimate of drug-likeness (QED) is 0.817. The topological polar surface area (TPSA) is 54.8 Å². The molecule has 0 aliphatic carbocycles. The highest BCUT2D eigenvalue weighted by atomic mass is 16.5. The number of aromatic nitrogens is 1. The Labute approximate surface area is 165 Å². The van der Waals surface area contributed by atoms with E-state index in [9.17, 15) is 9.59 Å². The predicted molar refractivity (Wildman–Crippen MR) is 108 cm³/mol. The van der Waals surface area contributed by atoms with Gasteiger partial charge < -0.3 is 14.2 Å². The molecule has 3 heterocycles. The molecule has 1 amide bonds. The van der Waals surface area contributed by atoms with Crippen LogP contribution in [0.4, 0.5) is 0 Å². The summed E-state index contributed by atoms with van der Waals surface area (Å²) in [6.07, 6.45) is 0. The lowest BCUT2D eigenvalue weighted by molar-refractivity contribution is 0.0757. The van der Waals surface area contributed by atoms with Gasteiger partial charge in [-0.2, -0.15) is 0 Å². The molecule has 148 valence electrons. The third kappa shape index (κ3) is 3.11. The average Bonchev–Trinajstić information content (AvgIpc) is 3.20. The lowest BCUT2D eigenvalue weighted by Crippen LogP contribution is -2.35. The Kier molecular flexibility index (Phi) is 4.75. The monoisotopic (exact) mass is 381 g/mol. The number of rotatable bonds is 3. The van der Waals surface area contributed by atoms with Crippen LogP contribution in [0.1, 0.15) is 27.8 Å². The Bertz CT molecular complexity index is 950. The minimum Gasteiger partial charge on any atom is -0.497 e. The van der Waals surface area contributed by atoms with Crippen molar-refractivity contribution in [1.82, 2.24) is 14.4 Å². The number of amides is 1. The van der Waals surface area contributed by atoms with Crippen LogP contribution in [0.3, 0.4) is 0 Å². The number of ether oxygens (including phenoxy) is 1. The van der Waals surface area contributed by atoms with E-state index in [2.05, 4.69) is 24.1 Å². The molecule has 0 saturated carbocycles. The summed E-state index contributed by atoms with van der Waals surface area (Å²) in [4.78, 5) is 29.4. The molecule has 0 spiro atoms. The van der Waals surface area contributed by atoms with Crippen molar-refractivity contribution in [3.05, 3.63) is 63.6 Å². The highest BCUT2D eigenvalue weighted by Crippen LogP contribution is 2.44. The van der Waals surface area contributed by atoms with Crippen molar-refractivity contribution >= 4 is 5.91 Å². The van der Waals surface area contributed by atoms with Crippen LogP contribution in [-0.2, 0) is 7.05 Å². The molecule has 2 aliphatic heterocycles. The highest BCUT2D eigenvalue weighted by molar-refractivity contribution is 5.93. The van der Waals surface area contributed by atoms with Gasteiger partial charge in [0.1, 0.15) is 11.4 Å². The smallest absolute Gasteiger partial charge is 0.270 e. The van der Waals surface area contributed by atoms with Crippen LogP contribution in [0.15, 0.2) is 41.2 Å². The van der Waals surface area contributed by atoms with Crippen LogP contribution in [-0.4, -0.2) is 54.1 Å². The summed E-state index contributed by atoms with van der Waals surface area (Å²) in [5.74, 6) is 1.64. The first-order chi connectivity index (χ1) is 13.4. The Balaban J connectivity index is 1.57. The molecule has 0 unspecified atom stereocenters. The number of benzene rings is 1. The van der Waals surface area contributed by atoms with E-state index in [1.807, 2.05) is 35.6 Å². The molecular formula is C22H27N3O3. The summed E-state index contributed by atoms with van der Waals surface area (Å²) in [5, 5.41) is 0. The third-order valence-corrected chi connectivity index (χ3v) is 6.38. The Morgan fingerprint density at radius 1 is 1.07 bits per heavy atom. The Morgan fingerprint density at radius 2 is 1.79 bits per heavy atom. The number of pyridine rings is 1. The van der Waals surface area contributed by atoms with Gasteiger partial charge in [0.25, 0.3) is 5.91 Å². The fraction of sp³-hybridized carbons (Fsp3) is 0.455. The first-order valence-corrected chi connectivity index (χ1v) is 9.70. The molecule has 1 aromatic carbocycles. The van der Waals surface area contributed by atoms with Gasteiger partial charge in [0.05, 0.1) is 7.11 Å². The summed E-state index contributed by atoms with van der Waals surface area (Å²) in [6, 6.07) is 11.5. The zero-order valence-electron chi connectivity index (χ0n) is 16.9. The maximum Gasteiger partial charge on any atom is 0.270 e. The second-order valence-electron chi connectivity index (χ2n) is 8.07.